The molecule has 0 bridgehead atoms. The van der Waals surface area contributed by atoms with E-state index in [1.165, 1.54) is 0 Å². The average molecular weight is 284 g/mol. The number of amides is 2. The summed E-state index contributed by atoms with van der Waals surface area (Å²) in [7, 11) is 0. The van der Waals surface area contributed by atoms with Gasteiger partial charge in [-0.15, -0.1) is 0 Å². The first kappa shape index (κ1) is 13.5. The lowest BCUT2D eigenvalue weighted by molar-refractivity contribution is 0.0482. The van der Waals surface area contributed by atoms with E-state index in [2.05, 4.69) is 5.32 Å². The van der Waals surface area contributed by atoms with Gasteiger partial charge in [-0.05, 0) is 12.1 Å². The lowest BCUT2D eigenvalue weighted by atomic mass is 10.2. The monoisotopic (exact) mass is 283 g/mol. The maximum atomic E-state index is 11.8. The van der Waals surface area contributed by atoms with Gasteiger partial charge in [-0.25, -0.2) is 9.59 Å². The van der Waals surface area contributed by atoms with Crippen LogP contribution in [0.2, 0.25) is 5.02 Å². The summed E-state index contributed by atoms with van der Waals surface area (Å²) in [6.45, 7) is 1.72. The number of hydrogen-bond acceptors (Lipinski definition) is 4. The van der Waals surface area contributed by atoms with E-state index in [-0.39, 0.29) is 23.9 Å². The number of benzene rings is 1. The second-order valence-corrected chi connectivity index (χ2v) is 4.46. The van der Waals surface area contributed by atoms with Gasteiger partial charge < -0.3 is 20.7 Å². The fourth-order valence-electron chi connectivity index (χ4n) is 1.77. The second-order valence-electron chi connectivity index (χ2n) is 4.06. The molecule has 6 nitrogen and oxygen atoms in total. The zero-order valence-electron chi connectivity index (χ0n) is 10.2. The summed E-state index contributed by atoms with van der Waals surface area (Å²) in [5.74, 6) is -0.542. The molecular formula is C12H14ClN3O3. The van der Waals surface area contributed by atoms with E-state index >= 15 is 0 Å². The van der Waals surface area contributed by atoms with Crippen molar-refractivity contribution >= 4 is 29.3 Å². The predicted molar refractivity (Wildman–Crippen MR) is 71.1 cm³/mol. The minimum Gasteiger partial charge on any atom is -0.460 e. The Kier molecular flexibility index (Phi) is 4.11. The maximum Gasteiger partial charge on any atom is 0.340 e. The van der Waals surface area contributed by atoms with Crippen molar-refractivity contribution in [3.63, 3.8) is 0 Å². The van der Waals surface area contributed by atoms with Crippen LogP contribution in [0.25, 0.3) is 0 Å². The molecule has 0 unspecified atom stereocenters. The number of carbonyl (C=O) groups excluding carboxylic acids is 2. The molecule has 3 N–H and O–H groups in total. The van der Waals surface area contributed by atoms with Gasteiger partial charge in [0, 0.05) is 13.1 Å². The molecule has 0 aliphatic carbocycles. The first-order chi connectivity index (χ1) is 9.09. The molecule has 2 rings (SSSR count). The number of hydrogen-bond donors (Lipinski definition) is 2. The molecule has 0 aromatic heterocycles. The molecular weight excluding hydrogens is 270 g/mol. The number of urea groups is 1. The van der Waals surface area contributed by atoms with Gasteiger partial charge in [-0.1, -0.05) is 17.7 Å². The van der Waals surface area contributed by atoms with Gasteiger partial charge in [0.05, 0.1) is 22.8 Å². The van der Waals surface area contributed by atoms with Crippen LogP contribution >= 0.6 is 11.6 Å². The van der Waals surface area contributed by atoms with Crippen LogP contribution < -0.4 is 11.1 Å². The standard InChI is InChI=1S/C12H14ClN3O3/c13-9-3-1-2-8(10(9)14)11(17)19-7-6-16-5-4-15-12(16)18/h1-3H,4-7,14H2,(H,15,18). The number of carbonyl (C=O) groups is 2. The Morgan fingerprint density at radius 2 is 2.32 bits per heavy atom. The molecule has 1 aliphatic rings. The number of esters is 1. The predicted octanol–water partition coefficient (Wildman–Crippen LogP) is 1.10. The first-order valence-corrected chi connectivity index (χ1v) is 6.21. The third-order valence-corrected chi connectivity index (χ3v) is 3.14. The van der Waals surface area contributed by atoms with Crippen LogP contribution in [0.5, 0.6) is 0 Å². The molecule has 1 aromatic carbocycles. The number of ether oxygens (including phenoxy) is 1. The summed E-state index contributed by atoms with van der Waals surface area (Å²) < 4.78 is 5.07. The maximum absolute atomic E-state index is 11.8. The summed E-state index contributed by atoms with van der Waals surface area (Å²) in [4.78, 5) is 24.6. The Hall–Kier alpha value is -1.95. The molecule has 102 valence electrons. The number of halogens is 1. The molecule has 0 saturated carbocycles. The third-order valence-electron chi connectivity index (χ3n) is 2.81. The summed E-state index contributed by atoms with van der Waals surface area (Å²) in [5, 5.41) is 2.98. The van der Waals surface area contributed by atoms with E-state index in [1.807, 2.05) is 0 Å². The summed E-state index contributed by atoms with van der Waals surface area (Å²) in [5.41, 5.74) is 6.13. The third kappa shape index (κ3) is 3.08. The summed E-state index contributed by atoms with van der Waals surface area (Å²) in [6, 6.07) is 4.63. The number of anilines is 1. The zero-order valence-corrected chi connectivity index (χ0v) is 10.9. The van der Waals surface area contributed by atoms with Crippen LogP contribution in [-0.4, -0.2) is 43.1 Å². The highest BCUT2D eigenvalue weighted by atomic mass is 35.5. The van der Waals surface area contributed by atoms with Crippen LogP contribution in [0.4, 0.5) is 10.5 Å². The van der Waals surface area contributed by atoms with E-state index in [4.69, 9.17) is 22.1 Å². The topological polar surface area (TPSA) is 84.7 Å². The Bertz CT molecular complexity index is 507. The van der Waals surface area contributed by atoms with E-state index < -0.39 is 5.97 Å². The van der Waals surface area contributed by atoms with Crippen molar-refractivity contribution in [3.05, 3.63) is 28.8 Å². The highest BCUT2D eigenvalue weighted by Crippen LogP contribution is 2.22. The van der Waals surface area contributed by atoms with Crippen LogP contribution in [0.3, 0.4) is 0 Å². The van der Waals surface area contributed by atoms with Crippen molar-refractivity contribution in [2.45, 2.75) is 0 Å². The molecule has 0 spiro atoms. The molecule has 0 atom stereocenters. The fourth-order valence-corrected chi connectivity index (χ4v) is 1.94. The highest BCUT2D eigenvalue weighted by Gasteiger charge is 2.20. The van der Waals surface area contributed by atoms with Crippen LogP contribution in [0, 0.1) is 0 Å². The second kappa shape index (κ2) is 5.79. The molecule has 1 heterocycles. The van der Waals surface area contributed by atoms with Gasteiger partial charge in [0.15, 0.2) is 0 Å². The quantitative estimate of drug-likeness (QED) is 0.640. The Morgan fingerprint density at radius 1 is 1.53 bits per heavy atom. The average Bonchev–Trinajstić information content (AvgIpc) is 2.78. The minimum absolute atomic E-state index is 0.123. The summed E-state index contributed by atoms with van der Waals surface area (Å²) in [6.07, 6.45) is 0. The Labute approximate surface area is 115 Å². The molecule has 1 aromatic rings. The minimum atomic E-state index is -0.542. The normalized spacial score (nSPS) is 14.4. The summed E-state index contributed by atoms with van der Waals surface area (Å²) >= 11 is 5.82. The zero-order chi connectivity index (χ0) is 13.8. The van der Waals surface area contributed by atoms with Crippen LogP contribution in [0.15, 0.2) is 18.2 Å². The van der Waals surface area contributed by atoms with Crippen molar-refractivity contribution in [1.82, 2.24) is 10.2 Å². The van der Waals surface area contributed by atoms with Gasteiger partial charge in [0.1, 0.15) is 6.61 Å². The number of nitrogens with one attached hydrogen (secondary N) is 1. The van der Waals surface area contributed by atoms with Crippen molar-refractivity contribution in [2.24, 2.45) is 0 Å². The van der Waals surface area contributed by atoms with Crippen molar-refractivity contribution in [3.8, 4) is 0 Å². The van der Waals surface area contributed by atoms with E-state index in [1.54, 1.807) is 23.1 Å². The number of nitrogens with zero attached hydrogens (tertiary/aromatic N) is 1. The van der Waals surface area contributed by atoms with E-state index in [0.717, 1.165) is 0 Å². The van der Waals surface area contributed by atoms with Gasteiger partial charge in [0.2, 0.25) is 0 Å². The molecule has 7 heteroatoms. The van der Waals surface area contributed by atoms with Gasteiger partial charge in [-0.3, -0.25) is 0 Å². The number of rotatable bonds is 4. The molecule has 1 fully saturated rings. The van der Waals surface area contributed by atoms with Crippen LogP contribution in [0.1, 0.15) is 10.4 Å². The Balaban J connectivity index is 1.87. The molecule has 2 amide bonds. The van der Waals surface area contributed by atoms with Gasteiger partial charge in [0.25, 0.3) is 0 Å². The lowest BCUT2D eigenvalue weighted by Crippen LogP contribution is -2.31. The fraction of sp³-hybridized carbons (Fsp3) is 0.333. The van der Waals surface area contributed by atoms with Crippen molar-refractivity contribution < 1.29 is 14.3 Å². The van der Waals surface area contributed by atoms with E-state index in [0.29, 0.717) is 24.7 Å². The molecule has 19 heavy (non-hydrogen) atoms. The SMILES string of the molecule is Nc1c(Cl)cccc1C(=O)OCCN1CCNC1=O. The largest absolute Gasteiger partial charge is 0.460 e. The smallest absolute Gasteiger partial charge is 0.340 e. The first-order valence-electron chi connectivity index (χ1n) is 5.83. The van der Waals surface area contributed by atoms with Crippen molar-refractivity contribution in [2.75, 3.05) is 32.0 Å². The van der Waals surface area contributed by atoms with E-state index in [9.17, 15) is 9.59 Å². The molecule has 1 saturated heterocycles. The lowest BCUT2D eigenvalue weighted by Gasteiger charge is -2.14. The molecule has 1 aliphatic heterocycles. The number of para-hydroxylation sites is 1. The highest BCUT2D eigenvalue weighted by molar-refractivity contribution is 6.33. The molecule has 0 radical (unpaired) electrons. The Morgan fingerprint density at radius 3 is 3.00 bits per heavy atom. The van der Waals surface area contributed by atoms with Gasteiger partial charge >= 0.3 is 12.0 Å². The number of nitrogen functional groups attached to an aromatic ring is 1. The van der Waals surface area contributed by atoms with Crippen molar-refractivity contribution in [1.29, 1.82) is 0 Å². The number of nitrogens with two attached hydrogens (primary N) is 1. The van der Waals surface area contributed by atoms with Gasteiger partial charge in [-0.2, -0.15) is 0 Å². The van der Waals surface area contributed by atoms with Crippen LogP contribution in [-0.2, 0) is 4.74 Å².